The average Bonchev–Trinajstić information content (AvgIpc) is 2.69. The van der Waals surface area contributed by atoms with Crippen LogP contribution in [0.25, 0.3) is 0 Å². The van der Waals surface area contributed by atoms with Crippen molar-refractivity contribution in [2.75, 3.05) is 17.3 Å². The van der Waals surface area contributed by atoms with Gasteiger partial charge >= 0.3 is 0 Å². The highest BCUT2D eigenvalue weighted by molar-refractivity contribution is 6.08. The molecule has 2 amide bonds. The number of anilines is 2. The molecule has 0 aromatic heterocycles. The Kier molecular flexibility index (Phi) is 5.54. The topological polar surface area (TPSA) is 49.4 Å². The van der Waals surface area contributed by atoms with Crippen molar-refractivity contribution in [3.8, 4) is 0 Å². The maximum atomic E-state index is 13.9. The van der Waals surface area contributed by atoms with E-state index in [0.29, 0.717) is 11.3 Å². The Labute approximate surface area is 163 Å². The molecule has 0 aliphatic rings. The molecule has 0 saturated carbocycles. The van der Waals surface area contributed by atoms with Gasteiger partial charge in [-0.05, 0) is 55.8 Å². The number of nitrogens with zero attached hydrogens (tertiary/aromatic N) is 1. The molecule has 0 atom stereocenters. The van der Waals surface area contributed by atoms with E-state index >= 15 is 0 Å². The van der Waals surface area contributed by atoms with Crippen LogP contribution in [-0.4, -0.2) is 18.9 Å². The minimum atomic E-state index is -0.594. The second-order valence-electron chi connectivity index (χ2n) is 6.66. The van der Waals surface area contributed by atoms with Crippen LogP contribution in [0.5, 0.6) is 0 Å². The lowest BCUT2D eigenvalue weighted by molar-refractivity contribution is 0.0989. The van der Waals surface area contributed by atoms with Crippen LogP contribution in [0.2, 0.25) is 0 Å². The third-order valence-corrected chi connectivity index (χ3v) is 4.58. The van der Waals surface area contributed by atoms with Crippen LogP contribution in [0.1, 0.15) is 31.8 Å². The first-order valence-corrected chi connectivity index (χ1v) is 8.88. The minimum Gasteiger partial charge on any atom is -0.322 e. The summed E-state index contributed by atoms with van der Waals surface area (Å²) in [6, 6.07) is 18.5. The van der Waals surface area contributed by atoms with Gasteiger partial charge in [-0.15, -0.1) is 0 Å². The van der Waals surface area contributed by atoms with Gasteiger partial charge in [-0.2, -0.15) is 0 Å². The lowest BCUT2D eigenvalue weighted by Gasteiger charge is -2.19. The summed E-state index contributed by atoms with van der Waals surface area (Å²) < 4.78 is 13.9. The molecule has 0 aliphatic carbocycles. The second-order valence-corrected chi connectivity index (χ2v) is 6.66. The van der Waals surface area contributed by atoms with Gasteiger partial charge in [-0.25, -0.2) is 4.39 Å². The normalized spacial score (nSPS) is 10.4. The van der Waals surface area contributed by atoms with E-state index in [0.717, 1.165) is 16.8 Å². The first kappa shape index (κ1) is 19.3. The zero-order valence-electron chi connectivity index (χ0n) is 16.0. The predicted octanol–water partition coefficient (Wildman–Crippen LogP) is 4.97. The number of nitrogens with one attached hydrogen (secondary N) is 1. The van der Waals surface area contributed by atoms with Gasteiger partial charge in [0.15, 0.2) is 0 Å². The number of hydrogen-bond acceptors (Lipinski definition) is 2. The maximum absolute atomic E-state index is 13.9. The summed E-state index contributed by atoms with van der Waals surface area (Å²) >= 11 is 0. The Morgan fingerprint density at radius 1 is 0.929 bits per heavy atom. The van der Waals surface area contributed by atoms with Crippen molar-refractivity contribution in [2.24, 2.45) is 0 Å². The lowest BCUT2D eigenvalue weighted by atomic mass is 10.1. The zero-order valence-corrected chi connectivity index (χ0v) is 16.0. The molecule has 0 saturated heterocycles. The lowest BCUT2D eigenvalue weighted by Crippen LogP contribution is -2.26. The van der Waals surface area contributed by atoms with Crippen LogP contribution in [-0.2, 0) is 0 Å². The molecule has 0 bridgehead atoms. The molecular weight excluding hydrogens is 355 g/mol. The van der Waals surface area contributed by atoms with Crippen LogP contribution < -0.4 is 10.2 Å². The largest absolute Gasteiger partial charge is 0.322 e. The highest BCUT2D eigenvalue weighted by atomic mass is 19.1. The molecule has 0 heterocycles. The Bertz CT molecular complexity index is 1030. The molecule has 28 heavy (non-hydrogen) atoms. The average molecular weight is 376 g/mol. The SMILES string of the molecule is Cc1ccc(N(C)C(=O)c2ccc(C)c(NC(=O)c3ccccc3F)c2)cc1. The van der Waals surface area contributed by atoms with E-state index in [1.807, 2.05) is 38.1 Å². The fourth-order valence-electron chi connectivity index (χ4n) is 2.80. The molecule has 3 aromatic carbocycles. The third kappa shape index (κ3) is 4.09. The fraction of sp³-hybridized carbons (Fsp3) is 0.130. The predicted molar refractivity (Wildman–Crippen MR) is 109 cm³/mol. The van der Waals surface area contributed by atoms with E-state index in [1.54, 1.807) is 36.2 Å². The standard InChI is InChI=1S/C23H21FN2O2/c1-15-8-12-18(13-9-15)26(3)23(28)17-11-10-16(2)21(14-17)25-22(27)19-6-4-5-7-20(19)24/h4-14H,1-3H3,(H,25,27). The number of rotatable bonds is 4. The Balaban J connectivity index is 1.84. The first-order chi connectivity index (χ1) is 13.4. The van der Waals surface area contributed by atoms with E-state index < -0.39 is 11.7 Å². The van der Waals surface area contributed by atoms with Crippen molar-refractivity contribution >= 4 is 23.2 Å². The summed E-state index contributed by atoms with van der Waals surface area (Å²) in [5.74, 6) is -1.35. The van der Waals surface area contributed by atoms with Crippen LogP contribution in [0.15, 0.2) is 66.7 Å². The van der Waals surface area contributed by atoms with Gasteiger partial charge in [0.25, 0.3) is 11.8 Å². The summed E-state index contributed by atoms with van der Waals surface area (Å²) in [5.41, 5.74) is 3.51. The summed E-state index contributed by atoms with van der Waals surface area (Å²) in [7, 11) is 1.70. The zero-order chi connectivity index (χ0) is 20.3. The van der Waals surface area contributed by atoms with Gasteiger partial charge in [0.2, 0.25) is 0 Å². The first-order valence-electron chi connectivity index (χ1n) is 8.88. The number of amides is 2. The van der Waals surface area contributed by atoms with Crippen molar-refractivity contribution in [1.29, 1.82) is 0 Å². The smallest absolute Gasteiger partial charge is 0.258 e. The van der Waals surface area contributed by atoms with Crippen molar-refractivity contribution in [1.82, 2.24) is 0 Å². The molecule has 0 spiro atoms. The summed E-state index contributed by atoms with van der Waals surface area (Å²) in [6.07, 6.45) is 0. The Morgan fingerprint density at radius 3 is 2.29 bits per heavy atom. The van der Waals surface area contributed by atoms with E-state index in [1.165, 1.54) is 18.2 Å². The van der Waals surface area contributed by atoms with Gasteiger partial charge in [-0.3, -0.25) is 9.59 Å². The number of carbonyl (C=O) groups excluding carboxylic acids is 2. The summed E-state index contributed by atoms with van der Waals surface area (Å²) in [5, 5.41) is 2.70. The number of benzene rings is 3. The van der Waals surface area contributed by atoms with Crippen LogP contribution in [0.3, 0.4) is 0 Å². The van der Waals surface area contributed by atoms with E-state index in [9.17, 15) is 14.0 Å². The van der Waals surface area contributed by atoms with Crippen LogP contribution in [0.4, 0.5) is 15.8 Å². The van der Waals surface area contributed by atoms with E-state index in [4.69, 9.17) is 0 Å². The van der Waals surface area contributed by atoms with Crippen molar-refractivity contribution in [3.63, 3.8) is 0 Å². The molecule has 0 aliphatic heterocycles. The van der Waals surface area contributed by atoms with Gasteiger partial charge in [0, 0.05) is 24.0 Å². The van der Waals surface area contributed by atoms with Crippen LogP contribution in [0, 0.1) is 19.7 Å². The summed E-state index contributed by atoms with van der Waals surface area (Å²) in [6.45, 7) is 3.80. The van der Waals surface area contributed by atoms with Crippen molar-refractivity contribution in [2.45, 2.75) is 13.8 Å². The molecule has 5 heteroatoms. The van der Waals surface area contributed by atoms with Gasteiger partial charge in [0.05, 0.1) is 5.56 Å². The number of carbonyl (C=O) groups is 2. The van der Waals surface area contributed by atoms with E-state index in [-0.39, 0.29) is 11.5 Å². The van der Waals surface area contributed by atoms with E-state index in [2.05, 4.69) is 5.32 Å². The van der Waals surface area contributed by atoms with Crippen LogP contribution >= 0.6 is 0 Å². The maximum Gasteiger partial charge on any atom is 0.258 e. The molecule has 4 nitrogen and oxygen atoms in total. The highest BCUT2D eigenvalue weighted by Crippen LogP contribution is 2.22. The molecule has 1 N–H and O–H groups in total. The number of hydrogen-bond donors (Lipinski definition) is 1. The molecule has 142 valence electrons. The molecule has 0 radical (unpaired) electrons. The van der Waals surface area contributed by atoms with Gasteiger partial charge in [0.1, 0.15) is 5.82 Å². The molecule has 3 rings (SSSR count). The van der Waals surface area contributed by atoms with Gasteiger partial charge < -0.3 is 10.2 Å². The van der Waals surface area contributed by atoms with Crippen molar-refractivity contribution in [3.05, 3.63) is 94.8 Å². The fourth-order valence-corrected chi connectivity index (χ4v) is 2.80. The number of aryl methyl sites for hydroxylation is 2. The summed E-state index contributed by atoms with van der Waals surface area (Å²) in [4.78, 5) is 26.8. The van der Waals surface area contributed by atoms with Gasteiger partial charge in [-0.1, -0.05) is 35.9 Å². The molecular formula is C23H21FN2O2. The molecule has 0 unspecified atom stereocenters. The Morgan fingerprint density at radius 2 is 1.61 bits per heavy atom. The molecule has 0 fully saturated rings. The minimum absolute atomic E-state index is 0.0459. The highest BCUT2D eigenvalue weighted by Gasteiger charge is 2.17. The quantitative estimate of drug-likeness (QED) is 0.699. The third-order valence-electron chi connectivity index (χ3n) is 4.58. The molecule has 3 aromatic rings. The second kappa shape index (κ2) is 8.05. The Hall–Kier alpha value is -3.47. The van der Waals surface area contributed by atoms with Crippen molar-refractivity contribution < 1.29 is 14.0 Å². The number of halogens is 1. The monoisotopic (exact) mass is 376 g/mol.